The van der Waals surface area contributed by atoms with E-state index in [0.29, 0.717) is 0 Å². The number of hydrogen-bond acceptors (Lipinski definition) is 6. The highest BCUT2D eigenvalue weighted by Crippen LogP contribution is 2.16. The maximum Gasteiger partial charge on any atom is 0.0958 e. The van der Waals surface area contributed by atoms with Crippen LogP contribution in [-0.2, 0) is 10.1 Å². The molecule has 0 aromatic rings. The molecule has 0 amide bonds. The van der Waals surface area contributed by atoms with Crippen molar-refractivity contribution in [2.75, 3.05) is 64.8 Å². The Morgan fingerprint density at radius 3 is 1.27 bits per heavy atom. The van der Waals surface area contributed by atoms with Gasteiger partial charge in [-0.3, -0.25) is 4.90 Å². The number of rotatable bonds is 19. The molecular weight excluding hydrogens is 404 g/mol. The van der Waals surface area contributed by atoms with E-state index in [0.717, 1.165) is 0 Å². The predicted molar refractivity (Wildman–Crippen MR) is 125 cm³/mol. The van der Waals surface area contributed by atoms with Crippen LogP contribution in [0.5, 0.6) is 0 Å². The number of aliphatic hydroxyl groups is 2. The van der Waals surface area contributed by atoms with Crippen molar-refractivity contribution >= 4 is 10.1 Å². The second-order valence-electron chi connectivity index (χ2n) is 8.20. The number of quaternary nitrogens is 1. The first-order chi connectivity index (χ1) is 14.2. The summed E-state index contributed by atoms with van der Waals surface area (Å²) in [4.78, 5) is 1.51. The van der Waals surface area contributed by atoms with Crippen LogP contribution in [0.4, 0.5) is 0 Å². The largest absolute Gasteiger partial charge is 0.748 e. The Kier molecular flexibility index (Phi) is 22.0. The van der Waals surface area contributed by atoms with Crippen molar-refractivity contribution in [2.24, 2.45) is 0 Å². The molecule has 0 aromatic heterocycles. The van der Waals surface area contributed by atoms with E-state index in [9.17, 15) is 13.0 Å². The summed E-state index contributed by atoms with van der Waals surface area (Å²) in [5.41, 5.74) is 0. The summed E-state index contributed by atoms with van der Waals surface area (Å²) in [6.45, 7) is 15.3. The van der Waals surface area contributed by atoms with Crippen molar-refractivity contribution in [2.45, 2.75) is 79.1 Å². The second kappa shape index (κ2) is 20.6. The van der Waals surface area contributed by atoms with Gasteiger partial charge in [0, 0.05) is 19.6 Å². The van der Waals surface area contributed by atoms with Gasteiger partial charge in [-0.25, -0.2) is 8.42 Å². The average Bonchev–Trinajstić information content (AvgIpc) is 2.71. The first kappa shape index (κ1) is 31.9. The highest BCUT2D eigenvalue weighted by atomic mass is 32.2. The molecule has 0 radical (unpaired) electrons. The molecule has 0 bridgehead atoms. The van der Waals surface area contributed by atoms with Crippen LogP contribution in [0.1, 0.15) is 79.1 Å². The molecule has 0 saturated carbocycles. The molecule has 7 nitrogen and oxygen atoms in total. The third kappa shape index (κ3) is 19.7. The minimum absolute atomic E-state index is 0.0486. The Balaban J connectivity index is 0. The lowest BCUT2D eigenvalue weighted by molar-refractivity contribution is -0.929. The van der Waals surface area contributed by atoms with Crippen molar-refractivity contribution < 1.29 is 27.7 Å². The van der Waals surface area contributed by atoms with E-state index in [-0.39, 0.29) is 32.8 Å². The number of unbranched alkanes of at least 4 members (excludes halogenated alkanes) is 4. The van der Waals surface area contributed by atoms with E-state index in [1.165, 1.54) is 86.9 Å². The van der Waals surface area contributed by atoms with Crippen LogP contribution in [0.2, 0.25) is 0 Å². The smallest absolute Gasteiger partial charge is 0.0958 e. The average molecular weight is 455 g/mol. The summed E-state index contributed by atoms with van der Waals surface area (Å²) in [5, 5.41) is 17.1. The van der Waals surface area contributed by atoms with Gasteiger partial charge < -0.3 is 19.2 Å². The number of nitrogens with zero attached hydrogens (tertiary/aromatic N) is 2. The predicted octanol–water partition coefficient (Wildman–Crippen LogP) is 2.82. The van der Waals surface area contributed by atoms with Gasteiger partial charge in [-0.15, -0.1) is 0 Å². The minimum atomic E-state index is -4.21. The normalized spacial score (nSPS) is 12.1. The second-order valence-corrected chi connectivity index (χ2v) is 9.72. The zero-order chi connectivity index (χ0) is 23.3. The van der Waals surface area contributed by atoms with Gasteiger partial charge in [0.25, 0.3) is 0 Å². The maximum absolute atomic E-state index is 10.2. The molecule has 0 aliphatic rings. The third-order valence-corrected chi connectivity index (χ3v) is 6.12. The Labute approximate surface area is 186 Å². The van der Waals surface area contributed by atoms with E-state index < -0.39 is 15.9 Å². The lowest BCUT2D eigenvalue weighted by Gasteiger charge is -2.39. The zero-order valence-corrected chi connectivity index (χ0v) is 21.0. The Bertz CT molecular complexity index is 417. The molecule has 0 aliphatic heterocycles. The standard InChI is InChI=1S/C16H36N.C6H15NO5S/c1-5-9-13-17(14-10-6-2,15-11-7-3)16-12-8-4;8-4-1-7(2-5-9)3-6-13(10,11)12/h5-16H2,1-4H3;8-9H,1-6H2,(H,10,11,12)/q+1;/p-1. The van der Waals surface area contributed by atoms with Gasteiger partial charge in [0.2, 0.25) is 0 Å². The van der Waals surface area contributed by atoms with Crippen molar-refractivity contribution in [3.8, 4) is 0 Å². The van der Waals surface area contributed by atoms with E-state index in [4.69, 9.17) is 10.2 Å². The van der Waals surface area contributed by atoms with Crippen LogP contribution < -0.4 is 0 Å². The Morgan fingerprint density at radius 1 is 0.700 bits per heavy atom. The molecule has 0 rings (SSSR count). The summed E-state index contributed by atoms with van der Waals surface area (Å²) in [5.74, 6) is -0.493. The van der Waals surface area contributed by atoms with E-state index in [1.807, 2.05) is 0 Å². The molecule has 0 heterocycles. The highest BCUT2D eigenvalue weighted by molar-refractivity contribution is 7.85. The molecule has 0 atom stereocenters. The van der Waals surface area contributed by atoms with E-state index >= 15 is 0 Å². The Hall–Kier alpha value is -0.250. The van der Waals surface area contributed by atoms with Crippen LogP contribution in [-0.4, -0.2) is 97.3 Å². The molecule has 0 spiro atoms. The molecule has 0 unspecified atom stereocenters. The van der Waals surface area contributed by atoms with Crippen LogP contribution in [0.3, 0.4) is 0 Å². The van der Waals surface area contributed by atoms with Crippen molar-refractivity contribution in [3.05, 3.63) is 0 Å². The molecule has 0 fully saturated rings. The highest BCUT2D eigenvalue weighted by Gasteiger charge is 2.24. The van der Waals surface area contributed by atoms with Gasteiger partial charge >= 0.3 is 0 Å². The lowest BCUT2D eigenvalue weighted by atomic mass is 10.1. The fourth-order valence-electron chi connectivity index (χ4n) is 3.50. The molecule has 184 valence electrons. The molecule has 8 heteroatoms. The zero-order valence-electron chi connectivity index (χ0n) is 20.1. The van der Waals surface area contributed by atoms with Crippen LogP contribution in [0, 0.1) is 0 Å². The molecule has 2 N–H and O–H groups in total. The van der Waals surface area contributed by atoms with Crippen LogP contribution in [0.25, 0.3) is 0 Å². The maximum atomic E-state index is 10.2. The Morgan fingerprint density at radius 2 is 1.03 bits per heavy atom. The topological polar surface area (TPSA) is 101 Å². The molecule has 0 aromatic carbocycles. The molecule has 0 aliphatic carbocycles. The minimum Gasteiger partial charge on any atom is -0.748 e. The van der Waals surface area contributed by atoms with Crippen molar-refractivity contribution in [1.29, 1.82) is 0 Å². The SMILES string of the molecule is CCCC[N+](CCCC)(CCCC)CCCC.O=S(=O)([O-])CCN(CCO)CCO. The summed E-state index contributed by atoms with van der Waals surface area (Å²) in [6.07, 6.45) is 11.1. The van der Waals surface area contributed by atoms with Gasteiger partial charge in [0.05, 0.1) is 55.3 Å². The fraction of sp³-hybridized carbons (Fsp3) is 1.00. The van der Waals surface area contributed by atoms with E-state index in [1.54, 1.807) is 0 Å². The molecule has 0 saturated heterocycles. The summed E-state index contributed by atoms with van der Waals surface area (Å²) in [6, 6.07) is 0. The quantitative estimate of drug-likeness (QED) is 0.230. The fourth-order valence-corrected chi connectivity index (χ4v) is 3.99. The van der Waals surface area contributed by atoms with Gasteiger partial charge in [0.1, 0.15) is 0 Å². The lowest BCUT2D eigenvalue weighted by Crippen LogP contribution is -2.50. The van der Waals surface area contributed by atoms with Gasteiger partial charge in [-0.1, -0.05) is 53.4 Å². The number of hydrogen-bond donors (Lipinski definition) is 2. The van der Waals surface area contributed by atoms with Gasteiger partial charge in [-0.05, 0) is 25.7 Å². The van der Waals surface area contributed by atoms with Crippen LogP contribution >= 0.6 is 0 Å². The molecular formula is C22H50N2O5S. The summed E-state index contributed by atoms with van der Waals surface area (Å²) < 4.78 is 32.1. The van der Waals surface area contributed by atoms with Crippen molar-refractivity contribution in [3.63, 3.8) is 0 Å². The van der Waals surface area contributed by atoms with Crippen molar-refractivity contribution in [1.82, 2.24) is 4.90 Å². The van der Waals surface area contributed by atoms with E-state index in [2.05, 4.69) is 27.7 Å². The first-order valence-corrected chi connectivity index (χ1v) is 13.5. The molecule has 30 heavy (non-hydrogen) atoms. The first-order valence-electron chi connectivity index (χ1n) is 12.0. The monoisotopic (exact) mass is 454 g/mol. The summed E-state index contributed by atoms with van der Waals surface area (Å²) in [7, 11) is -4.21. The third-order valence-electron chi connectivity index (χ3n) is 5.43. The van der Waals surface area contributed by atoms with Gasteiger partial charge in [-0.2, -0.15) is 0 Å². The van der Waals surface area contributed by atoms with Crippen LogP contribution in [0.15, 0.2) is 0 Å². The van der Waals surface area contributed by atoms with Gasteiger partial charge in [0.15, 0.2) is 0 Å². The number of aliphatic hydroxyl groups excluding tert-OH is 2. The summed E-state index contributed by atoms with van der Waals surface area (Å²) >= 11 is 0.